The van der Waals surface area contributed by atoms with Crippen molar-refractivity contribution in [1.82, 2.24) is 14.9 Å². The number of likely N-dealkylation sites (N-methyl/N-ethyl adjacent to an activating group) is 1. The summed E-state index contributed by atoms with van der Waals surface area (Å²) >= 11 is 0. The number of carbonyl (C=O) groups is 1. The summed E-state index contributed by atoms with van der Waals surface area (Å²) in [7, 11) is 6.55. The standard InChI is InChI=1S/C21H29N5O4/c1-24(14-16-6-7-17(28-2)20(30-4)19(16)29-3)18(27)15-25-10-12-26(13-11-25)21-22-8-5-9-23-21/h5-9H,10-15H2,1-4H3/p+1. The van der Waals surface area contributed by atoms with E-state index in [1.165, 1.54) is 4.90 Å². The molecule has 1 aromatic heterocycles. The maximum absolute atomic E-state index is 12.8. The van der Waals surface area contributed by atoms with E-state index in [4.69, 9.17) is 14.2 Å². The number of carbonyl (C=O) groups excluding carboxylic acids is 1. The quantitative estimate of drug-likeness (QED) is 0.642. The average molecular weight is 417 g/mol. The van der Waals surface area contributed by atoms with Gasteiger partial charge in [0.05, 0.1) is 47.5 Å². The van der Waals surface area contributed by atoms with Crippen LogP contribution in [0.5, 0.6) is 17.2 Å². The number of quaternary nitrogens is 1. The van der Waals surface area contributed by atoms with Crippen molar-refractivity contribution < 1.29 is 23.9 Å². The molecule has 0 radical (unpaired) electrons. The monoisotopic (exact) mass is 416 g/mol. The molecular weight excluding hydrogens is 386 g/mol. The Morgan fingerprint density at radius 1 is 1.07 bits per heavy atom. The molecule has 30 heavy (non-hydrogen) atoms. The number of nitrogens with zero attached hydrogens (tertiary/aromatic N) is 4. The molecule has 162 valence electrons. The number of methoxy groups -OCH3 is 3. The molecule has 1 saturated heterocycles. The molecule has 2 aromatic rings. The molecule has 1 aromatic carbocycles. The van der Waals surface area contributed by atoms with Crippen molar-refractivity contribution in [3.63, 3.8) is 0 Å². The van der Waals surface area contributed by atoms with Crippen LogP contribution in [-0.4, -0.2) is 81.9 Å². The number of benzene rings is 1. The highest BCUT2D eigenvalue weighted by Crippen LogP contribution is 2.40. The van der Waals surface area contributed by atoms with Gasteiger partial charge in [0.2, 0.25) is 11.7 Å². The van der Waals surface area contributed by atoms with Crippen LogP contribution in [0.2, 0.25) is 0 Å². The van der Waals surface area contributed by atoms with Crippen LogP contribution in [0, 0.1) is 0 Å². The van der Waals surface area contributed by atoms with E-state index in [2.05, 4.69) is 14.9 Å². The first kappa shape index (κ1) is 21.6. The normalized spacial score (nSPS) is 14.3. The Morgan fingerprint density at radius 3 is 2.33 bits per heavy atom. The Kier molecular flexibility index (Phi) is 7.29. The minimum atomic E-state index is 0.0891. The van der Waals surface area contributed by atoms with Gasteiger partial charge in [0.1, 0.15) is 0 Å². The third-order valence-corrected chi connectivity index (χ3v) is 5.33. The molecule has 9 nitrogen and oxygen atoms in total. The first-order valence-corrected chi connectivity index (χ1v) is 9.94. The summed E-state index contributed by atoms with van der Waals surface area (Å²) in [4.78, 5) is 26.6. The average Bonchev–Trinajstić information content (AvgIpc) is 2.79. The van der Waals surface area contributed by atoms with Gasteiger partial charge in [0.25, 0.3) is 5.91 Å². The van der Waals surface area contributed by atoms with Crippen molar-refractivity contribution in [2.24, 2.45) is 0 Å². The second-order valence-electron chi connectivity index (χ2n) is 7.21. The number of amides is 1. The van der Waals surface area contributed by atoms with E-state index < -0.39 is 0 Å². The van der Waals surface area contributed by atoms with Crippen molar-refractivity contribution in [1.29, 1.82) is 0 Å². The second-order valence-corrected chi connectivity index (χ2v) is 7.21. The summed E-state index contributed by atoms with van der Waals surface area (Å²) in [6.07, 6.45) is 3.50. The summed E-state index contributed by atoms with van der Waals surface area (Å²) in [5.74, 6) is 2.55. The predicted molar refractivity (Wildman–Crippen MR) is 112 cm³/mol. The van der Waals surface area contributed by atoms with Crippen LogP contribution in [0.3, 0.4) is 0 Å². The number of nitrogens with one attached hydrogen (secondary N) is 1. The zero-order valence-electron chi connectivity index (χ0n) is 18.1. The van der Waals surface area contributed by atoms with Gasteiger partial charge < -0.3 is 28.9 Å². The zero-order valence-corrected chi connectivity index (χ0v) is 18.1. The van der Waals surface area contributed by atoms with E-state index in [-0.39, 0.29) is 5.91 Å². The highest BCUT2D eigenvalue weighted by atomic mass is 16.5. The van der Waals surface area contributed by atoms with Crippen molar-refractivity contribution >= 4 is 11.9 Å². The summed E-state index contributed by atoms with van der Waals surface area (Å²) in [5, 5.41) is 0. The summed E-state index contributed by atoms with van der Waals surface area (Å²) in [5.41, 5.74) is 0.868. The van der Waals surface area contributed by atoms with Crippen LogP contribution in [0.25, 0.3) is 0 Å². The van der Waals surface area contributed by atoms with E-state index in [1.807, 2.05) is 25.2 Å². The predicted octanol–water partition coefficient (Wildman–Crippen LogP) is -0.134. The number of piperazine rings is 1. The molecule has 0 aliphatic carbocycles. The van der Waals surface area contributed by atoms with Crippen LogP contribution in [0.15, 0.2) is 30.6 Å². The summed E-state index contributed by atoms with van der Waals surface area (Å²) in [6.45, 7) is 4.30. The molecule has 1 aliphatic heterocycles. The van der Waals surface area contributed by atoms with Crippen LogP contribution < -0.4 is 24.0 Å². The maximum Gasteiger partial charge on any atom is 0.277 e. The largest absolute Gasteiger partial charge is 0.493 e. The molecule has 0 atom stereocenters. The molecule has 3 rings (SSSR count). The van der Waals surface area contributed by atoms with Gasteiger partial charge >= 0.3 is 0 Å². The molecule has 0 saturated carbocycles. The molecule has 0 spiro atoms. The lowest BCUT2D eigenvalue weighted by Crippen LogP contribution is -3.15. The SMILES string of the molecule is COc1ccc(CN(C)C(=O)C[NH+]2CCN(c3ncccn3)CC2)c(OC)c1OC. The maximum atomic E-state index is 12.8. The van der Waals surface area contributed by atoms with Crippen LogP contribution in [-0.2, 0) is 11.3 Å². The van der Waals surface area contributed by atoms with E-state index >= 15 is 0 Å². The van der Waals surface area contributed by atoms with Gasteiger partial charge in [-0.05, 0) is 18.2 Å². The van der Waals surface area contributed by atoms with E-state index in [1.54, 1.807) is 38.6 Å². The number of hydrogen-bond acceptors (Lipinski definition) is 7. The van der Waals surface area contributed by atoms with Crippen LogP contribution in [0.1, 0.15) is 5.56 Å². The first-order chi connectivity index (χ1) is 14.6. The lowest BCUT2D eigenvalue weighted by Gasteiger charge is -2.32. The van der Waals surface area contributed by atoms with E-state index in [9.17, 15) is 4.79 Å². The summed E-state index contributed by atoms with van der Waals surface area (Å²) in [6, 6.07) is 5.54. The first-order valence-electron chi connectivity index (χ1n) is 9.94. The Labute approximate surface area is 177 Å². The number of anilines is 1. The van der Waals surface area contributed by atoms with Gasteiger partial charge in [-0.3, -0.25) is 4.79 Å². The Bertz CT molecular complexity index is 841. The minimum absolute atomic E-state index is 0.0891. The number of hydrogen-bond donors (Lipinski definition) is 1. The molecule has 1 N–H and O–H groups in total. The van der Waals surface area contributed by atoms with Crippen molar-refractivity contribution in [3.8, 4) is 17.2 Å². The van der Waals surface area contributed by atoms with Crippen LogP contribution >= 0.6 is 0 Å². The lowest BCUT2D eigenvalue weighted by molar-refractivity contribution is -0.892. The molecule has 1 aliphatic rings. The van der Waals surface area contributed by atoms with Crippen LogP contribution in [0.4, 0.5) is 5.95 Å². The second kappa shape index (κ2) is 10.1. The van der Waals surface area contributed by atoms with Crippen molar-refractivity contribution in [2.75, 3.05) is 66.0 Å². The van der Waals surface area contributed by atoms with Gasteiger partial charge in [0.15, 0.2) is 18.0 Å². The molecule has 0 bridgehead atoms. The van der Waals surface area contributed by atoms with Gasteiger partial charge in [-0.15, -0.1) is 0 Å². The third kappa shape index (κ3) is 4.91. The van der Waals surface area contributed by atoms with Gasteiger partial charge in [-0.1, -0.05) is 0 Å². The molecule has 1 amide bonds. The fourth-order valence-corrected chi connectivity index (χ4v) is 3.63. The van der Waals surface area contributed by atoms with E-state index in [0.717, 1.165) is 37.7 Å². The van der Waals surface area contributed by atoms with Gasteiger partial charge in [-0.25, -0.2) is 9.97 Å². The Morgan fingerprint density at radius 2 is 1.73 bits per heavy atom. The highest BCUT2D eigenvalue weighted by Gasteiger charge is 2.25. The topological polar surface area (TPSA) is 81.5 Å². The van der Waals surface area contributed by atoms with E-state index in [0.29, 0.717) is 30.3 Å². The van der Waals surface area contributed by atoms with Crippen molar-refractivity contribution in [3.05, 3.63) is 36.2 Å². The molecule has 9 heteroatoms. The minimum Gasteiger partial charge on any atom is -0.493 e. The smallest absolute Gasteiger partial charge is 0.277 e. The lowest BCUT2D eigenvalue weighted by atomic mass is 10.1. The Balaban J connectivity index is 1.57. The number of aromatic nitrogens is 2. The fourth-order valence-electron chi connectivity index (χ4n) is 3.63. The van der Waals surface area contributed by atoms with Gasteiger partial charge in [0, 0.05) is 31.5 Å². The molecule has 0 unspecified atom stereocenters. The summed E-state index contributed by atoms with van der Waals surface area (Å²) < 4.78 is 16.3. The van der Waals surface area contributed by atoms with Crippen molar-refractivity contribution in [2.45, 2.75) is 6.54 Å². The fraction of sp³-hybridized carbons (Fsp3) is 0.476. The molecule has 1 fully saturated rings. The molecular formula is C21H30N5O4+. The Hall–Kier alpha value is -3.07. The zero-order chi connectivity index (χ0) is 21.5. The third-order valence-electron chi connectivity index (χ3n) is 5.33. The number of ether oxygens (including phenoxy) is 3. The highest BCUT2D eigenvalue weighted by molar-refractivity contribution is 5.77. The van der Waals surface area contributed by atoms with Gasteiger partial charge in [-0.2, -0.15) is 0 Å². The molecule has 2 heterocycles. The number of rotatable bonds is 8.